The summed E-state index contributed by atoms with van der Waals surface area (Å²) in [4.78, 5) is 9.60. The SMILES string of the molecule is CN(CCO)S(=O)(=O)c1cc(NN)ccc1[N+](=O)[O-]. The van der Waals surface area contributed by atoms with E-state index in [4.69, 9.17) is 10.9 Å². The maximum atomic E-state index is 12.2. The molecule has 19 heavy (non-hydrogen) atoms. The van der Waals surface area contributed by atoms with Crippen LogP contribution >= 0.6 is 0 Å². The molecule has 0 atom stereocenters. The standard InChI is InChI=1S/C9H14N4O5S/c1-12(4-5-14)19(17,18)9-6-7(11-10)2-3-8(9)13(15)16/h2-3,6,11,14H,4-5,10H2,1H3. The smallest absolute Gasteiger partial charge is 0.289 e. The van der Waals surface area contributed by atoms with Crippen LogP contribution in [-0.4, -0.2) is 43.0 Å². The van der Waals surface area contributed by atoms with Crippen LogP contribution < -0.4 is 11.3 Å². The average Bonchev–Trinajstić information content (AvgIpc) is 2.38. The van der Waals surface area contributed by atoms with E-state index in [1.165, 1.54) is 13.1 Å². The molecular formula is C9H14N4O5S. The molecule has 0 aliphatic carbocycles. The van der Waals surface area contributed by atoms with Gasteiger partial charge in [-0.25, -0.2) is 8.42 Å². The van der Waals surface area contributed by atoms with E-state index in [1.807, 2.05) is 0 Å². The normalized spacial score (nSPS) is 11.6. The van der Waals surface area contributed by atoms with Crippen LogP contribution in [0.15, 0.2) is 23.1 Å². The van der Waals surface area contributed by atoms with Gasteiger partial charge in [-0.15, -0.1) is 0 Å². The van der Waals surface area contributed by atoms with Crippen LogP contribution in [0.1, 0.15) is 0 Å². The summed E-state index contributed by atoms with van der Waals surface area (Å²) in [5, 5.41) is 19.6. The number of nitrogens with one attached hydrogen (secondary N) is 1. The third kappa shape index (κ3) is 3.17. The minimum absolute atomic E-state index is 0.167. The van der Waals surface area contributed by atoms with E-state index in [0.717, 1.165) is 16.4 Å². The predicted molar refractivity (Wildman–Crippen MR) is 67.8 cm³/mol. The zero-order chi connectivity index (χ0) is 14.6. The summed E-state index contributed by atoms with van der Waals surface area (Å²) in [5.41, 5.74) is 1.89. The Balaban J connectivity index is 3.42. The van der Waals surface area contributed by atoms with Gasteiger partial charge < -0.3 is 10.5 Å². The Bertz CT molecular complexity index is 574. The van der Waals surface area contributed by atoms with Gasteiger partial charge in [-0.1, -0.05) is 0 Å². The number of nitro benzene ring substituents is 1. The molecule has 0 amide bonds. The number of nitrogens with zero attached hydrogens (tertiary/aromatic N) is 2. The summed E-state index contributed by atoms with van der Waals surface area (Å²) in [6.45, 7) is -0.557. The number of aliphatic hydroxyl groups excluding tert-OH is 1. The van der Waals surface area contributed by atoms with E-state index in [9.17, 15) is 18.5 Å². The lowest BCUT2D eigenvalue weighted by atomic mass is 10.3. The second-order valence-corrected chi connectivity index (χ2v) is 5.65. The summed E-state index contributed by atoms with van der Waals surface area (Å²) in [6, 6.07) is 3.42. The molecule has 0 unspecified atom stereocenters. The van der Waals surface area contributed by atoms with E-state index < -0.39 is 32.1 Å². The van der Waals surface area contributed by atoms with Gasteiger partial charge in [0.05, 0.1) is 17.2 Å². The number of sulfonamides is 1. The number of anilines is 1. The lowest BCUT2D eigenvalue weighted by Gasteiger charge is -2.16. The Kier molecular flexibility index (Phi) is 4.78. The van der Waals surface area contributed by atoms with Crippen LogP contribution in [-0.2, 0) is 10.0 Å². The van der Waals surface area contributed by atoms with Crippen molar-refractivity contribution < 1.29 is 18.4 Å². The molecule has 9 nitrogen and oxygen atoms in total. The van der Waals surface area contributed by atoms with Crippen molar-refractivity contribution >= 4 is 21.4 Å². The maximum Gasteiger partial charge on any atom is 0.289 e. The molecule has 0 aliphatic heterocycles. The second kappa shape index (κ2) is 5.93. The highest BCUT2D eigenvalue weighted by Gasteiger charge is 2.29. The number of benzene rings is 1. The molecule has 1 aromatic rings. The first-order chi connectivity index (χ1) is 8.84. The molecule has 0 bridgehead atoms. The van der Waals surface area contributed by atoms with Crippen molar-refractivity contribution in [1.82, 2.24) is 4.31 Å². The van der Waals surface area contributed by atoms with Crippen LogP contribution in [0.4, 0.5) is 11.4 Å². The quantitative estimate of drug-likeness (QED) is 0.364. The van der Waals surface area contributed by atoms with Crippen LogP contribution in [0.3, 0.4) is 0 Å². The van der Waals surface area contributed by atoms with Crippen LogP contribution in [0.5, 0.6) is 0 Å². The molecule has 1 aromatic carbocycles. The molecule has 1 rings (SSSR count). The Hall–Kier alpha value is -1.75. The van der Waals surface area contributed by atoms with Crippen LogP contribution in [0.25, 0.3) is 0 Å². The van der Waals surface area contributed by atoms with Crippen molar-refractivity contribution in [1.29, 1.82) is 0 Å². The van der Waals surface area contributed by atoms with E-state index in [2.05, 4.69) is 5.43 Å². The number of hydrazine groups is 1. The lowest BCUT2D eigenvalue weighted by molar-refractivity contribution is -0.387. The Morgan fingerprint density at radius 2 is 2.16 bits per heavy atom. The first-order valence-corrected chi connectivity index (χ1v) is 6.61. The fourth-order valence-corrected chi connectivity index (χ4v) is 2.73. The number of hydrogen-bond acceptors (Lipinski definition) is 7. The molecule has 4 N–H and O–H groups in total. The van der Waals surface area contributed by atoms with E-state index >= 15 is 0 Å². The highest BCUT2D eigenvalue weighted by Crippen LogP contribution is 2.28. The minimum atomic E-state index is -4.07. The highest BCUT2D eigenvalue weighted by atomic mass is 32.2. The summed E-state index contributed by atoms with van der Waals surface area (Å²) in [6.07, 6.45) is 0. The zero-order valence-electron chi connectivity index (χ0n) is 10.1. The molecule has 0 aliphatic rings. The van der Waals surface area contributed by atoms with Gasteiger partial charge in [-0.3, -0.25) is 16.0 Å². The molecule has 0 spiro atoms. The average molecular weight is 290 g/mol. The van der Waals surface area contributed by atoms with E-state index in [1.54, 1.807) is 0 Å². The molecule has 0 fully saturated rings. The number of aliphatic hydroxyl groups is 1. The fourth-order valence-electron chi connectivity index (χ4n) is 1.39. The summed E-state index contributed by atoms with van der Waals surface area (Å²) < 4.78 is 25.1. The first kappa shape index (κ1) is 15.3. The molecule has 0 radical (unpaired) electrons. The van der Waals surface area contributed by atoms with Gasteiger partial charge in [-0.2, -0.15) is 4.31 Å². The summed E-state index contributed by atoms with van der Waals surface area (Å²) in [5.74, 6) is 5.15. The van der Waals surface area contributed by atoms with E-state index in [0.29, 0.717) is 0 Å². The summed E-state index contributed by atoms with van der Waals surface area (Å²) in [7, 11) is -2.85. The molecule has 0 saturated carbocycles. The molecule has 106 valence electrons. The van der Waals surface area contributed by atoms with Gasteiger partial charge in [0.1, 0.15) is 0 Å². The minimum Gasteiger partial charge on any atom is -0.395 e. The number of nitrogen functional groups attached to an aromatic ring is 1. The van der Waals surface area contributed by atoms with Crippen molar-refractivity contribution in [2.24, 2.45) is 5.84 Å². The fraction of sp³-hybridized carbons (Fsp3) is 0.333. The number of nitro groups is 1. The zero-order valence-corrected chi connectivity index (χ0v) is 10.9. The third-order valence-electron chi connectivity index (χ3n) is 2.43. The van der Waals surface area contributed by atoms with Crippen molar-refractivity contribution in [3.8, 4) is 0 Å². The topological polar surface area (TPSA) is 139 Å². The Labute approximate surface area is 109 Å². The lowest BCUT2D eigenvalue weighted by Crippen LogP contribution is -2.30. The molecule has 0 heterocycles. The third-order valence-corrected chi connectivity index (χ3v) is 4.31. The first-order valence-electron chi connectivity index (χ1n) is 5.17. The monoisotopic (exact) mass is 290 g/mol. The van der Waals surface area contributed by atoms with E-state index in [-0.39, 0.29) is 12.2 Å². The van der Waals surface area contributed by atoms with Gasteiger partial charge >= 0.3 is 0 Å². The molecule has 0 saturated heterocycles. The number of nitrogens with two attached hydrogens (primary N) is 1. The largest absolute Gasteiger partial charge is 0.395 e. The van der Waals surface area contributed by atoms with Crippen molar-refractivity contribution in [2.75, 3.05) is 25.6 Å². The van der Waals surface area contributed by atoms with Crippen LogP contribution in [0, 0.1) is 10.1 Å². The Morgan fingerprint density at radius 1 is 1.53 bits per heavy atom. The number of rotatable bonds is 6. The van der Waals surface area contributed by atoms with Crippen molar-refractivity contribution in [3.63, 3.8) is 0 Å². The van der Waals surface area contributed by atoms with Gasteiger partial charge in [-0.05, 0) is 12.1 Å². The molecule has 10 heteroatoms. The van der Waals surface area contributed by atoms with Gasteiger partial charge in [0, 0.05) is 19.7 Å². The Morgan fingerprint density at radius 3 is 2.63 bits per heavy atom. The number of hydrogen-bond donors (Lipinski definition) is 3. The molecular weight excluding hydrogens is 276 g/mol. The van der Waals surface area contributed by atoms with Crippen molar-refractivity contribution in [2.45, 2.75) is 4.90 Å². The van der Waals surface area contributed by atoms with Crippen LogP contribution in [0.2, 0.25) is 0 Å². The van der Waals surface area contributed by atoms with Crippen molar-refractivity contribution in [3.05, 3.63) is 28.3 Å². The molecule has 0 aromatic heterocycles. The highest BCUT2D eigenvalue weighted by molar-refractivity contribution is 7.89. The maximum absolute atomic E-state index is 12.2. The van der Waals surface area contributed by atoms with Gasteiger partial charge in [0.25, 0.3) is 5.69 Å². The summed E-state index contributed by atoms with van der Waals surface area (Å²) >= 11 is 0. The predicted octanol–water partition coefficient (Wildman–Crippen LogP) is -0.507. The van der Waals surface area contributed by atoms with Gasteiger partial charge in [0.2, 0.25) is 10.0 Å². The van der Waals surface area contributed by atoms with Gasteiger partial charge in [0.15, 0.2) is 4.90 Å². The second-order valence-electron chi connectivity index (χ2n) is 3.63. The number of likely N-dealkylation sites (N-methyl/N-ethyl adjacent to an activating group) is 1.